The first-order valence-electron chi connectivity index (χ1n) is 6.96. The van der Waals surface area contributed by atoms with Crippen molar-refractivity contribution in [1.29, 1.82) is 0 Å². The number of nitrogens with zero attached hydrogens (tertiary/aromatic N) is 2. The van der Waals surface area contributed by atoms with Gasteiger partial charge in [0.25, 0.3) is 0 Å². The quantitative estimate of drug-likeness (QED) is 0.535. The Morgan fingerprint density at radius 1 is 1.26 bits per heavy atom. The summed E-state index contributed by atoms with van der Waals surface area (Å²) in [5, 5.41) is 11.5. The van der Waals surface area contributed by atoms with E-state index in [1.165, 1.54) is 12.1 Å². The fourth-order valence-corrected chi connectivity index (χ4v) is 2.36. The summed E-state index contributed by atoms with van der Waals surface area (Å²) in [6.07, 6.45) is 1.57. The second-order valence-electron chi connectivity index (χ2n) is 5.12. The Kier molecular flexibility index (Phi) is 3.89. The molecule has 0 fully saturated rings. The molecule has 0 unspecified atom stereocenters. The van der Waals surface area contributed by atoms with Crippen molar-refractivity contribution in [3.63, 3.8) is 0 Å². The van der Waals surface area contributed by atoms with Gasteiger partial charge >= 0.3 is 5.69 Å². The Labute approximate surface area is 131 Å². The zero-order chi connectivity index (χ0) is 16.4. The van der Waals surface area contributed by atoms with Gasteiger partial charge < -0.3 is 4.74 Å². The molecule has 116 valence electrons. The molecule has 0 spiro atoms. The molecule has 5 nitrogen and oxygen atoms in total. The lowest BCUT2D eigenvalue weighted by Crippen LogP contribution is -2.01. The molecule has 3 rings (SSSR count). The minimum atomic E-state index is -0.490. The smallest absolute Gasteiger partial charge is 0.310 e. The Balaban J connectivity index is 1.94. The van der Waals surface area contributed by atoms with Gasteiger partial charge in [-0.1, -0.05) is 12.1 Å². The first-order valence-corrected chi connectivity index (χ1v) is 6.96. The van der Waals surface area contributed by atoms with Crippen molar-refractivity contribution in [2.75, 3.05) is 0 Å². The first kappa shape index (κ1) is 14.9. The number of halogens is 1. The molecular weight excluding hydrogens is 299 g/mol. The summed E-state index contributed by atoms with van der Waals surface area (Å²) >= 11 is 0. The number of hydrogen-bond donors (Lipinski definition) is 0. The molecule has 1 heterocycles. The van der Waals surface area contributed by atoms with Crippen molar-refractivity contribution < 1.29 is 14.1 Å². The zero-order valence-corrected chi connectivity index (χ0v) is 12.3. The molecule has 0 radical (unpaired) electrons. The minimum Gasteiger partial charge on any atom is -0.482 e. The number of nitro benzene ring substituents is 1. The van der Waals surface area contributed by atoms with Gasteiger partial charge in [0.15, 0.2) is 5.75 Å². The van der Waals surface area contributed by atoms with E-state index in [1.807, 2.05) is 6.92 Å². The molecule has 0 aliphatic rings. The Hall–Kier alpha value is -3.02. The molecule has 0 bridgehead atoms. The van der Waals surface area contributed by atoms with E-state index in [2.05, 4.69) is 4.98 Å². The Morgan fingerprint density at radius 3 is 2.87 bits per heavy atom. The molecule has 0 aliphatic carbocycles. The Bertz CT molecular complexity index is 896. The van der Waals surface area contributed by atoms with Gasteiger partial charge in [0.05, 0.1) is 10.4 Å². The van der Waals surface area contributed by atoms with Crippen LogP contribution in [0.2, 0.25) is 0 Å². The van der Waals surface area contributed by atoms with Gasteiger partial charge in [-0.05, 0) is 36.8 Å². The van der Waals surface area contributed by atoms with Gasteiger partial charge in [0.2, 0.25) is 0 Å². The summed E-state index contributed by atoms with van der Waals surface area (Å²) in [7, 11) is 0. The second kappa shape index (κ2) is 6.00. The van der Waals surface area contributed by atoms with Crippen LogP contribution in [0.5, 0.6) is 5.75 Å². The minimum absolute atomic E-state index is 0.0675. The number of rotatable bonds is 4. The molecular formula is C17H13FN2O3. The molecule has 23 heavy (non-hydrogen) atoms. The van der Waals surface area contributed by atoms with Crippen molar-refractivity contribution in [2.45, 2.75) is 13.5 Å². The van der Waals surface area contributed by atoms with E-state index in [0.717, 1.165) is 5.56 Å². The standard InChI is InChI=1S/C17H13FN2O3/c1-11-4-7-15(20(21)22)16(9-11)23-10-12-5-6-14(18)13-3-2-8-19-17(12)13/h2-9H,10H2,1H3. The summed E-state index contributed by atoms with van der Waals surface area (Å²) in [5.74, 6) is -0.179. The van der Waals surface area contributed by atoms with Crippen LogP contribution in [0.25, 0.3) is 10.9 Å². The van der Waals surface area contributed by atoms with Crippen molar-refractivity contribution >= 4 is 16.6 Å². The van der Waals surface area contributed by atoms with Crippen molar-refractivity contribution in [3.8, 4) is 5.75 Å². The highest BCUT2D eigenvalue weighted by molar-refractivity contribution is 5.82. The van der Waals surface area contributed by atoms with Gasteiger partial charge in [-0.15, -0.1) is 0 Å². The summed E-state index contributed by atoms with van der Waals surface area (Å²) in [4.78, 5) is 14.8. The van der Waals surface area contributed by atoms with Crippen LogP contribution >= 0.6 is 0 Å². The van der Waals surface area contributed by atoms with E-state index in [9.17, 15) is 14.5 Å². The van der Waals surface area contributed by atoms with Crippen LogP contribution in [-0.2, 0) is 6.61 Å². The summed E-state index contributed by atoms with van der Waals surface area (Å²) in [5.41, 5.74) is 1.91. The molecule has 0 N–H and O–H groups in total. The van der Waals surface area contributed by atoms with E-state index >= 15 is 0 Å². The third-order valence-corrected chi connectivity index (χ3v) is 3.50. The number of fused-ring (bicyclic) bond motifs is 1. The monoisotopic (exact) mass is 312 g/mol. The fraction of sp³-hybridized carbons (Fsp3) is 0.118. The van der Waals surface area contributed by atoms with E-state index in [1.54, 1.807) is 36.5 Å². The number of nitro groups is 1. The molecule has 0 saturated heterocycles. The molecule has 2 aromatic carbocycles. The van der Waals surface area contributed by atoms with Gasteiger partial charge in [0, 0.05) is 23.2 Å². The maximum absolute atomic E-state index is 13.8. The molecule has 1 aromatic heterocycles. The maximum atomic E-state index is 13.8. The molecule has 6 heteroatoms. The largest absolute Gasteiger partial charge is 0.482 e. The average molecular weight is 312 g/mol. The van der Waals surface area contributed by atoms with Gasteiger partial charge in [0.1, 0.15) is 12.4 Å². The highest BCUT2D eigenvalue weighted by Gasteiger charge is 2.16. The molecule has 0 atom stereocenters. The van der Waals surface area contributed by atoms with Crippen LogP contribution in [-0.4, -0.2) is 9.91 Å². The van der Waals surface area contributed by atoms with Crippen LogP contribution in [0, 0.1) is 22.9 Å². The molecule has 3 aromatic rings. The molecule has 0 amide bonds. The van der Waals surface area contributed by atoms with E-state index < -0.39 is 4.92 Å². The normalized spacial score (nSPS) is 10.7. The van der Waals surface area contributed by atoms with Gasteiger partial charge in [-0.2, -0.15) is 0 Å². The number of hydrogen-bond acceptors (Lipinski definition) is 4. The highest BCUT2D eigenvalue weighted by atomic mass is 19.1. The average Bonchev–Trinajstić information content (AvgIpc) is 2.54. The molecule has 0 saturated carbocycles. The zero-order valence-electron chi connectivity index (χ0n) is 12.3. The lowest BCUT2D eigenvalue weighted by atomic mass is 10.1. The van der Waals surface area contributed by atoms with Crippen LogP contribution in [0.4, 0.5) is 10.1 Å². The summed E-state index contributed by atoms with van der Waals surface area (Å²) in [6, 6.07) is 10.9. The highest BCUT2D eigenvalue weighted by Crippen LogP contribution is 2.29. The SMILES string of the molecule is Cc1ccc([N+](=O)[O-])c(OCc2ccc(F)c3cccnc23)c1. The number of aromatic nitrogens is 1. The van der Waals surface area contributed by atoms with Crippen LogP contribution in [0.1, 0.15) is 11.1 Å². The molecule has 0 aliphatic heterocycles. The van der Waals surface area contributed by atoms with E-state index in [4.69, 9.17) is 4.74 Å². The first-order chi connectivity index (χ1) is 11.1. The number of benzene rings is 2. The predicted molar refractivity (Wildman–Crippen MR) is 83.9 cm³/mol. The van der Waals surface area contributed by atoms with Crippen LogP contribution in [0.15, 0.2) is 48.7 Å². The topological polar surface area (TPSA) is 65.3 Å². The Morgan fingerprint density at radius 2 is 2.09 bits per heavy atom. The lowest BCUT2D eigenvalue weighted by molar-refractivity contribution is -0.386. The maximum Gasteiger partial charge on any atom is 0.310 e. The second-order valence-corrected chi connectivity index (χ2v) is 5.12. The van der Waals surface area contributed by atoms with Crippen molar-refractivity contribution in [3.05, 3.63) is 75.7 Å². The van der Waals surface area contributed by atoms with Gasteiger partial charge in [-0.25, -0.2) is 4.39 Å². The summed E-state index contributed by atoms with van der Waals surface area (Å²) < 4.78 is 19.4. The number of pyridine rings is 1. The van der Waals surface area contributed by atoms with Crippen molar-refractivity contribution in [2.24, 2.45) is 0 Å². The lowest BCUT2D eigenvalue weighted by Gasteiger charge is -2.10. The van der Waals surface area contributed by atoms with E-state index in [0.29, 0.717) is 16.5 Å². The van der Waals surface area contributed by atoms with Crippen LogP contribution < -0.4 is 4.74 Å². The number of ether oxygens (including phenoxy) is 1. The van der Waals surface area contributed by atoms with Crippen molar-refractivity contribution in [1.82, 2.24) is 4.98 Å². The number of aryl methyl sites for hydroxylation is 1. The fourth-order valence-electron chi connectivity index (χ4n) is 2.36. The summed E-state index contributed by atoms with van der Waals surface area (Å²) in [6.45, 7) is 1.89. The van der Waals surface area contributed by atoms with Gasteiger partial charge in [-0.3, -0.25) is 15.1 Å². The van der Waals surface area contributed by atoms with Crippen LogP contribution in [0.3, 0.4) is 0 Å². The third-order valence-electron chi connectivity index (χ3n) is 3.50. The predicted octanol–water partition coefficient (Wildman–Crippen LogP) is 4.17. The third kappa shape index (κ3) is 2.96. The van der Waals surface area contributed by atoms with E-state index in [-0.39, 0.29) is 23.9 Å².